The lowest BCUT2D eigenvalue weighted by Gasteiger charge is -2.34. The van der Waals surface area contributed by atoms with Crippen LogP contribution < -0.4 is 4.90 Å². The van der Waals surface area contributed by atoms with E-state index in [9.17, 15) is 4.79 Å². The predicted molar refractivity (Wildman–Crippen MR) is 108 cm³/mol. The third-order valence-corrected chi connectivity index (χ3v) is 5.58. The summed E-state index contributed by atoms with van der Waals surface area (Å²) in [5, 5.41) is 4.85. The van der Waals surface area contributed by atoms with Gasteiger partial charge in [-0.05, 0) is 37.8 Å². The van der Waals surface area contributed by atoms with Gasteiger partial charge in [0.15, 0.2) is 0 Å². The van der Waals surface area contributed by atoms with Crippen LogP contribution in [0.5, 0.6) is 0 Å². The van der Waals surface area contributed by atoms with Crippen LogP contribution in [0.1, 0.15) is 35.2 Å². The van der Waals surface area contributed by atoms with E-state index in [1.807, 2.05) is 28.9 Å². The standard InChI is InChI=1S/C20H26ClN5O2/c1-15-10-23-26(12-15)14-17-13-25(7-8-28-17)19-18(21)9-16(11-22-19)20(27)24-5-3-2-4-6-24/h9-12,17H,2-8,13-14H2,1H3. The molecule has 2 fully saturated rings. The molecule has 150 valence electrons. The van der Waals surface area contributed by atoms with Crippen LogP contribution in [-0.2, 0) is 11.3 Å². The van der Waals surface area contributed by atoms with Gasteiger partial charge in [-0.1, -0.05) is 11.6 Å². The number of amides is 1. The highest BCUT2D eigenvalue weighted by Gasteiger charge is 2.25. The molecule has 2 saturated heterocycles. The first-order chi connectivity index (χ1) is 13.6. The predicted octanol–water partition coefficient (Wildman–Crippen LogP) is 2.77. The van der Waals surface area contributed by atoms with E-state index < -0.39 is 0 Å². The van der Waals surface area contributed by atoms with E-state index in [0.29, 0.717) is 36.1 Å². The van der Waals surface area contributed by atoms with Crippen LogP contribution in [0.4, 0.5) is 5.82 Å². The molecule has 4 rings (SSSR count). The lowest BCUT2D eigenvalue weighted by molar-refractivity contribution is 0.0272. The lowest BCUT2D eigenvalue weighted by Crippen LogP contribution is -2.45. The van der Waals surface area contributed by atoms with Gasteiger partial charge in [0.05, 0.1) is 36.0 Å². The highest BCUT2D eigenvalue weighted by Crippen LogP contribution is 2.27. The highest BCUT2D eigenvalue weighted by molar-refractivity contribution is 6.33. The fraction of sp³-hybridized carbons (Fsp3) is 0.550. The van der Waals surface area contributed by atoms with Crippen molar-refractivity contribution >= 4 is 23.3 Å². The number of aryl methyl sites for hydroxylation is 1. The van der Waals surface area contributed by atoms with Gasteiger partial charge in [0.25, 0.3) is 5.91 Å². The van der Waals surface area contributed by atoms with Crippen LogP contribution in [0.25, 0.3) is 0 Å². The summed E-state index contributed by atoms with van der Waals surface area (Å²) in [6, 6.07) is 1.75. The van der Waals surface area contributed by atoms with Gasteiger partial charge in [0.1, 0.15) is 5.82 Å². The van der Waals surface area contributed by atoms with E-state index in [1.54, 1.807) is 12.3 Å². The van der Waals surface area contributed by atoms with Gasteiger partial charge in [-0.15, -0.1) is 0 Å². The largest absolute Gasteiger partial charge is 0.373 e. The molecule has 0 bridgehead atoms. The Kier molecular flexibility index (Phi) is 5.82. The molecule has 2 aromatic heterocycles. The maximum atomic E-state index is 12.7. The molecule has 0 aliphatic carbocycles. The minimum atomic E-state index is 0.0144. The van der Waals surface area contributed by atoms with E-state index in [2.05, 4.69) is 15.0 Å². The number of halogens is 1. The Labute approximate surface area is 170 Å². The van der Waals surface area contributed by atoms with Crippen LogP contribution >= 0.6 is 11.6 Å². The minimum absolute atomic E-state index is 0.0144. The molecular weight excluding hydrogens is 378 g/mol. The molecule has 0 saturated carbocycles. The molecule has 1 amide bonds. The summed E-state index contributed by atoms with van der Waals surface area (Å²) in [6.07, 6.45) is 8.84. The number of pyridine rings is 1. The van der Waals surface area contributed by atoms with Crippen molar-refractivity contribution in [1.82, 2.24) is 19.7 Å². The van der Waals surface area contributed by atoms with Crippen molar-refractivity contribution in [2.75, 3.05) is 37.7 Å². The first kappa shape index (κ1) is 19.2. The average molecular weight is 404 g/mol. The van der Waals surface area contributed by atoms with E-state index in [1.165, 1.54) is 6.42 Å². The van der Waals surface area contributed by atoms with Gasteiger partial charge in [0.2, 0.25) is 0 Å². The maximum Gasteiger partial charge on any atom is 0.255 e. The molecule has 2 aliphatic heterocycles. The van der Waals surface area contributed by atoms with Crippen LogP contribution in [0, 0.1) is 6.92 Å². The molecule has 0 radical (unpaired) electrons. The second-order valence-electron chi connectivity index (χ2n) is 7.56. The lowest BCUT2D eigenvalue weighted by atomic mass is 10.1. The summed E-state index contributed by atoms with van der Waals surface area (Å²) in [5.74, 6) is 0.733. The molecule has 4 heterocycles. The highest BCUT2D eigenvalue weighted by atomic mass is 35.5. The zero-order valence-electron chi connectivity index (χ0n) is 16.2. The fourth-order valence-corrected chi connectivity index (χ4v) is 4.14. The van der Waals surface area contributed by atoms with Crippen LogP contribution in [0.2, 0.25) is 5.02 Å². The molecule has 0 spiro atoms. The third kappa shape index (κ3) is 4.31. The molecule has 7 nitrogen and oxygen atoms in total. The van der Waals surface area contributed by atoms with Gasteiger partial charge in [-0.25, -0.2) is 4.98 Å². The Hall–Kier alpha value is -2.12. The first-order valence-electron chi connectivity index (χ1n) is 9.90. The summed E-state index contributed by atoms with van der Waals surface area (Å²) < 4.78 is 7.79. The number of piperidine rings is 1. The molecule has 2 aliphatic rings. The molecule has 1 unspecified atom stereocenters. The number of aromatic nitrogens is 3. The number of likely N-dealkylation sites (tertiary alicyclic amines) is 1. The van der Waals surface area contributed by atoms with Crippen LogP contribution in [-0.4, -0.2) is 64.5 Å². The normalized spacial score (nSPS) is 20.4. The minimum Gasteiger partial charge on any atom is -0.373 e. The van der Waals surface area contributed by atoms with Crippen LogP contribution in [0.15, 0.2) is 24.7 Å². The summed E-state index contributed by atoms with van der Waals surface area (Å²) in [6.45, 7) is 6.36. The second-order valence-corrected chi connectivity index (χ2v) is 7.97. The molecule has 28 heavy (non-hydrogen) atoms. The first-order valence-corrected chi connectivity index (χ1v) is 10.3. The quantitative estimate of drug-likeness (QED) is 0.785. The maximum absolute atomic E-state index is 12.7. The molecular formula is C20H26ClN5O2. The van der Waals surface area contributed by atoms with E-state index in [-0.39, 0.29) is 12.0 Å². The summed E-state index contributed by atoms with van der Waals surface area (Å²) in [7, 11) is 0. The molecule has 0 aromatic carbocycles. The molecule has 8 heteroatoms. The number of nitrogens with zero attached hydrogens (tertiary/aromatic N) is 5. The smallest absolute Gasteiger partial charge is 0.255 e. The topological polar surface area (TPSA) is 63.5 Å². The Morgan fingerprint density at radius 3 is 2.79 bits per heavy atom. The number of anilines is 1. The Bertz CT molecular complexity index is 834. The van der Waals surface area contributed by atoms with E-state index >= 15 is 0 Å². The average Bonchev–Trinajstić information content (AvgIpc) is 3.12. The zero-order valence-corrected chi connectivity index (χ0v) is 16.9. The molecule has 1 atom stereocenters. The van der Waals surface area contributed by atoms with Crippen molar-refractivity contribution in [3.05, 3.63) is 40.8 Å². The van der Waals surface area contributed by atoms with Gasteiger partial charge in [-0.3, -0.25) is 9.48 Å². The van der Waals surface area contributed by atoms with E-state index in [0.717, 1.165) is 38.0 Å². The number of carbonyl (C=O) groups is 1. The number of morpholine rings is 1. The van der Waals surface area contributed by atoms with Crippen molar-refractivity contribution < 1.29 is 9.53 Å². The number of hydrogen-bond acceptors (Lipinski definition) is 5. The van der Waals surface area contributed by atoms with Gasteiger partial charge < -0.3 is 14.5 Å². The number of carbonyl (C=O) groups excluding carboxylic acids is 1. The van der Waals surface area contributed by atoms with Crippen molar-refractivity contribution in [2.45, 2.75) is 38.8 Å². The van der Waals surface area contributed by atoms with Gasteiger partial charge >= 0.3 is 0 Å². The number of ether oxygens (including phenoxy) is 1. The summed E-state index contributed by atoms with van der Waals surface area (Å²) >= 11 is 6.52. The van der Waals surface area contributed by atoms with E-state index in [4.69, 9.17) is 16.3 Å². The Balaban J connectivity index is 1.43. The van der Waals surface area contributed by atoms with Crippen molar-refractivity contribution in [1.29, 1.82) is 0 Å². The van der Waals surface area contributed by atoms with Crippen molar-refractivity contribution in [3.8, 4) is 0 Å². The van der Waals surface area contributed by atoms with Crippen molar-refractivity contribution in [2.24, 2.45) is 0 Å². The Morgan fingerprint density at radius 1 is 1.25 bits per heavy atom. The third-order valence-electron chi connectivity index (χ3n) is 5.30. The van der Waals surface area contributed by atoms with Gasteiger partial charge in [-0.2, -0.15) is 5.10 Å². The van der Waals surface area contributed by atoms with Crippen LogP contribution in [0.3, 0.4) is 0 Å². The summed E-state index contributed by atoms with van der Waals surface area (Å²) in [4.78, 5) is 21.2. The Morgan fingerprint density at radius 2 is 2.07 bits per heavy atom. The monoisotopic (exact) mass is 403 g/mol. The molecule has 2 aromatic rings. The number of hydrogen-bond donors (Lipinski definition) is 0. The SMILES string of the molecule is Cc1cnn(CC2CN(c3ncc(C(=O)N4CCCCC4)cc3Cl)CCO2)c1. The van der Waals surface area contributed by atoms with Crippen molar-refractivity contribution in [3.63, 3.8) is 0 Å². The molecule has 0 N–H and O–H groups in total. The van der Waals surface area contributed by atoms with Gasteiger partial charge in [0, 0.05) is 38.6 Å². The second kappa shape index (κ2) is 8.49. The number of rotatable bonds is 4. The zero-order chi connectivity index (χ0) is 19.5. The fourth-order valence-electron chi connectivity index (χ4n) is 3.86. The summed E-state index contributed by atoms with van der Waals surface area (Å²) in [5.41, 5.74) is 1.69.